The Balaban J connectivity index is 2.03. The highest BCUT2D eigenvalue weighted by Gasteiger charge is 2.18. The van der Waals surface area contributed by atoms with Gasteiger partial charge >= 0.3 is 12.1 Å². The van der Waals surface area contributed by atoms with Crippen LogP contribution >= 0.6 is 11.3 Å². The third-order valence-electron chi connectivity index (χ3n) is 3.23. The van der Waals surface area contributed by atoms with E-state index in [0.29, 0.717) is 10.7 Å². The molecule has 1 atom stereocenters. The lowest BCUT2D eigenvalue weighted by Crippen LogP contribution is -2.38. The second kappa shape index (κ2) is 8.17. The van der Waals surface area contributed by atoms with E-state index in [1.54, 1.807) is 50.4 Å². The van der Waals surface area contributed by atoms with Gasteiger partial charge in [-0.2, -0.15) is 0 Å². The molecule has 1 aromatic heterocycles. The number of nitrogens with zero attached hydrogens (tertiary/aromatic N) is 1. The molecule has 0 bridgehead atoms. The number of aromatic nitrogens is 1. The summed E-state index contributed by atoms with van der Waals surface area (Å²) in [5.41, 5.74) is 0.900. The van der Waals surface area contributed by atoms with Crippen LogP contribution in [0.5, 0.6) is 0 Å². The van der Waals surface area contributed by atoms with Crippen LogP contribution in [-0.4, -0.2) is 39.7 Å². The normalized spacial score (nSPS) is 12.1. The van der Waals surface area contributed by atoms with Crippen molar-refractivity contribution >= 4 is 35.0 Å². The number of rotatable bonds is 5. The second-order valence-corrected chi connectivity index (χ2v) is 7.63. The largest absolute Gasteiger partial charge is 0.480 e. The highest BCUT2D eigenvalue weighted by Crippen LogP contribution is 2.25. The monoisotopic (exact) mass is 391 g/mol. The highest BCUT2D eigenvalue weighted by molar-refractivity contribution is 7.13. The minimum Gasteiger partial charge on any atom is -0.480 e. The molecule has 0 spiro atoms. The number of carbonyl (C=O) groups excluding carboxylic acids is 2. The van der Waals surface area contributed by atoms with Gasteiger partial charge in [-0.3, -0.25) is 14.9 Å². The van der Waals surface area contributed by atoms with Crippen LogP contribution in [-0.2, 0) is 9.53 Å². The first-order chi connectivity index (χ1) is 12.5. The Bertz CT molecular complexity index is 839. The molecule has 0 aliphatic carbocycles. The summed E-state index contributed by atoms with van der Waals surface area (Å²) in [6.45, 7) is 6.72. The van der Waals surface area contributed by atoms with Gasteiger partial charge in [0.2, 0.25) is 0 Å². The maximum absolute atomic E-state index is 12.0. The number of hydrogen-bond acceptors (Lipinski definition) is 6. The number of hydrogen-bond donors (Lipinski definition) is 3. The molecule has 0 aliphatic heterocycles. The van der Waals surface area contributed by atoms with E-state index in [9.17, 15) is 14.4 Å². The number of ether oxygens (including phenoxy) is 1. The second-order valence-electron chi connectivity index (χ2n) is 6.78. The molecule has 8 nitrogen and oxygen atoms in total. The molecule has 9 heteroatoms. The van der Waals surface area contributed by atoms with Crippen LogP contribution in [0, 0.1) is 0 Å². The van der Waals surface area contributed by atoms with Crippen molar-refractivity contribution in [2.75, 3.05) is 5.32 Å². The molecular weight excluding hydrogens is 370 g/mol. The maximum atomic E-state index is 12.0. The van der Waals surface area contributed by atoms with Crippen LogP contribution in [0.1, 0.15) is 38.2 Å². The van der Waals surface area contributed by atoms with Crippen molar-refractivity contribution < 1.29 is 24.2 Å². The predicted octanol–water partition coefficient (Wildman–Crippen LogP) is 3.36. The number of aliphatic carboxylic acids is 1. The van der Waals surface area contributed by atoms with Crippen molar-refractivity contribution in [2.24, 2.45) is 0 Å². The number of carbonyl (C=O) groups is 3. The Morgan fingerprint density at radius 1 is 1.19 bits per heavy atom. The van der Waals surface area contributed by atoms with Crippen LogP contribution in [0.4, 0.5) is 10.5 Å². The third-order valence-corrected chi connectivity index (χ3v) is 4.12. The van der Waals surface area contributed by atoms with E-state index in [1.165, 1.54) is 18.3 Å². The van der Waals surface area contributed by atoms with E-state index in [4.69, 9.17) is 9.84 Å². The zero-order valence-corrected chi connectivity index (χ0v) is 16.2. The molecule has 0 saturated heterocycles. The number of thiazole rings is 1. The number of anilines is 1. The standard InChI is InChI=1S/C18H21N3O5S/c1-10(16(23)24)19-14(22)13-9-27-15(21-13)11-5-7-12(8-6-11)20-17(25)26-18(2,3)4/h5-10H,1-4H3,(H,19,22)(H,20,25)(H,23,24)/t10-/m1/s1. The van der Waals surface area contributed by atoms with Gasteiger partial charge in [-0.15, -0.1) is 11.3 Å². The summed E-state index contributed by atoms with van der Waals surface area (Å²) in [5, 5.41) is 16.0. The average molecular weight is 391 g/mol. The Labute approximate surface area is 160 Å². The molecular formula is C18H21N3O5S. The molecule has 2 amide bonds. The zero-order valence-electron chi connectivity index (χ0n) is 15.4. The fourth-order valence-electron chi connectivity index (χ4n) is 1.96. The van der Waals surface area contributed by atoms with E-state index in [-0.39, 0.29) is 5.69 Å². The quantitative estimate of drug-likeness (QED) is 0.719. The minimum absolute atomic E-state index is 0.152. The molecule has 1 heterocycles. The molecule has 144 valence electrons. The Kier molecular flexibility index (Phi) is 6.17. The van der Waals surface area contributed by atoms with Gasteiger partial charge in [0.25, 0.3) is 5.91 Å². The van der Waals surface area contributed by atoms with E-state index in [0.717, 1.165) is 5.56 Å². The zero-order chi connectivity index (χ0) is 20.2. The van der Waals surface area contributed by atoms with Gasteiger partial charge in [0, 0.05) is 16.6 Å². The van der Waals surface area contributed by atoms with Gasteiger partial charge in [-0.1, -0.05) is 0 Å². The highest BCUT2D eigenvalue weighted by atomic mass is 32.1. The van der Waals surface area contributed by atoms with E-state index >= 15 is 0 Å². The molecule has 0 fully saturated rings. The summed E-state index contributed by atoms with van der Waals surface area (Å²) < 4.78 is 5.19. The fourth-order valence-corrected chi connectivity index (χ4v) is 2.77. The van der Waals surface area contributed by atoms with Crippen molar-refractivity contribution in [1.82, 2.24) is 10.3 Å². The van der Waals surface area contributed by atoms with Gasteiger partial charge in [-0.05, 0) is 52.0 Å². The number of nitrogens with one attached hydrogen (secondary N) is 2. The van der Waals surface area contributed by atoms with Gasteiger partial charge in [0.05, 0.1) is 0 Å². The minimum atomic E-state index is -1.12. The number of carboxylic acids is 1. The summed E-state index contributed by atoms with van der Waals surface area (Å²) in [4.78, 5) is 38.8. The van der Waals surface area contributed by atoms with Gasteiger partial charge < -0.3 is 15.2 Å². The van der Waals surface area contributed by atoms with Gasteiger partial charge in [-0.25, -0.2) is 9.78 Å². The lowest BCUT2D eigenvalue weighted by Gasteiger charge is -2.19. The van der Waals surface area contributed by atoms with Gasteiger partial charge in [0.15, 0.2) is 0 Å². The van der Waals surface area contributed by atoms with Crippen molar-refractivity contribution in [3.05, 3.63) is 35.3 Å². The van der Waals surface area contributed by atoms with E-state index < -0.39 is 29.6 Å². The van der Waals surface area contributed by atoms with Crippen molar-refractivity contribution in [3.63, 3.8) is 0 Å². The summed E-state index contributed by atoms with van der Waals surface area (Å²) in [5.74, 6) is -1.66. The summed E-state index contributed by atoms with van der Waals surface area (Å²) >= 11 is 1.26. The number of amides is 2. The molecule has 3 N–H and O–H groups in total. The van der Waals surface area contributed by atoms with E-state index in [2.05, 4.69) is 15.6 Å². The van der Waals surface area contributed by atoms with Crippen molar-refractivity contribution in [2.45, 2.75) is 39.3 Å². The van der Waals surface area contributed by atoms with Crippen LogP contribution in [0.2, 0.25) is 0 Å². The SMILES string of the molecule is C[C@@H](NC(=O)c1csc(-c2ccc(NC(=O)OC(C)(C)C)cc2)n1)C(=O)O. The molecule has 2 rings (SSSR count). The Hall–Kier alpha value is -2.94. The maximum Gasteiger partial charge on any atom is 0.412 e. The topological polar surface area (TPSA) is 118 Å². The molecule has 1 aromatic carbocycles. The average Bonchev–Trinajstić information content (AvgIpc) is 3.03. The third kappa shape index (κ3) is 6.07. The lowest BCUT2D eigenvalue weighted by molar-refractivity contribution is -0.138. The summed E-state index contributed by atoms with van der Waals surface area (Å²) in [7, 11) is 0. The molecule has 0 unspecified atom stereocenters. The smallest absolute Gasteiger partial charge is 0.412 e. The number of benzene rings is 1. The van der Waals surface area contributed by atoms with E-state index in [1.807, 2.05) is 0 Å². The Morgan fingerprint density at radius 2 is 1.81 bits per heavy atom. The molecule has 27 heavy (non-hydrogen) atoms. The first-order valence-electron chi connectivity index (χ1n) is 8.15. The van der Waals surface area contributed by atoms with Crippen LogP contribution in [0.25, 0.3) is 10.6 Å². The Morgan fingerprint density at radius 3 is 2.37 bits per heavy atom. The van der Waals surface area contributed by atoms with Gasteiger partial charge in [0.1, 0.15) is 22.3 Å². The van der Waals surface area contributed by atoms with Crippen LogP contribution < -0.4 is 10.6 Å². The van der Waals surface area contributed by atoms with Crippen LogP contribution in [0.15, 0.2) is 29.6 Å². The first kappa shape index (κ1) is 20.4. The summed E-state index contributed by atoms with van der Waals surface area (Å²) in [6.07, 6.45) is -0.545. The molecule has 0 saturated carbocycles. The lowest BCUT2D eigenvalue weighted by atomic mass is 10.2. The van der Waals surface area contributed by atoms with Crippen molar-refractivity contribution in [1.29, 1.82) is 0 Å². The predicted molar refractivity (Wildman–Crippen MR) is 102 cm³/mol. The first-order valence-corrected chi connectivity index (χ1v) is 9.03. The van der Waals surface area contributed by atoms with Crippen molar-refractivity contribution in [3.8, 4) is 10.6 Å². The molecule has 0 radical (unpaired) electrons. The molecule has 0 aliphatic rings. The summed E-state index contributed by atoms with van der Waals surface area (Å²) in [6, 6.07) is 5.92. The molecule has 2 aromatic rings. The van der Waals surface area contributed by atoms with Crippen LogP contribution in [0.3, 0.4) is 0 Å². The fraction of sp³-hybridized carbons (Fsp3) is 0.333. The number of carboxylic acid groups (broad SMARTS) is 1.